The van der Waals surface area contributed by atoms with Gasteiger partial charge in [0.15, 0.2) is 6.29 Å². The Kier molecular flexibility index (Phi) is 7.22. The Morgan fingerprint density at radius 1 is 1.12 bits per heavy atom. The van der Waals surface area contributed by atoms with E-state index < -0.39 is 36.7 Å². The van der Waals surface area contributed by atoms with Crippen molar-refractivity contribution in [3.05, 3.63) is 29.3 Å². The Labute approximate surface area is 215 Å². The molecule has 9 unspecified atom stereocenters. The summed E-state index contributed by atoms with van der Waals surface area (Å²) in [5, 5.41) is 51.5. The van der Waals surface area contributed by atoms with E-state index in [1.165, 1.54) is 11.1 Å². The maximum absolute atomic E-state index is 11.3. The minimum absolute atomic E-state index is 0. The fourth-order valence-electron chi connectivity index (χ4n) is 7.06. The van der Waals surface area contributed by atoms with Crippen molar-refractivity contribution in [2.45, 2.75) is 88.2 Å². The minimum atomic E-state index is -1.78. The first-order chi connectivity index (χ1) is 15.2. The van der Waals surface area contributed by atoms with E-state index in [9.17, 15) is 30.3 Å². The van der Waals surface area contributed by atoms with Gasteiger partial charge < -0.3 is 39.8 Å². The summed E-state index contributed by atoms with van der Waals surface area (Å²) in [7, 11) is 0. The Bertz CT molecular complexity index is 895. The normalized spacial score (nSPS) is 44.2. The molecule has 9 heteroatoms. The second-order valence-electron chi connectivity index (χ2n) is 10.3. The first kappa shape index (κ1) is 25.4. The van der Waals surface area contributed by atoms with Gasteiger partial charge >= 0.3 is 29.6 Å². The number of aryl methyl sites for hydroxylation is 1. The third kappa shape index (κ3) is 4.16. The molecule has 3 aliphatic carbocycles. The maximum atomic E-state index is 11.3. The standard InChI is InChI=1S/C24H32O8.Na/c1-24-9-8-14-13-5-3-12(25)10-11(13)2-4-15(14)16(24)6-7-17(24)31-23-20(28)18(26)19(27)21(32-23)22(29)30;/h3,5,10,14-21,23,25-28H,2,4,6-9H2,1H3,(H,29,30);/q;+1/p-1/t14?,15?,16?,17?,18?,19?,20?,21?,23?,24-;/m0./s1. The van der Waals surface area contributed by atoms with E-state index in [-0.39, 0.29) is 41.1 Å². The summed E-state index contributed by atoms with van der Waals surface area (Å²) < 4.78 is 11.5. The van der Waals surface area contributed by atoms with Crippen molar-refractivity contribution in [3.63, 3.8) is 0 Å². The molecule has 8 nitrogen and oxygen atoms in total. The molecule has 1 aliphatic heterocycles. The number of hydrogen-bond acceptors (Lipinski definition) is 8. The van der Waals surface area contributed by atoms with E-state index in [1.54, 1.807) is 6.07 Å². The summed E-state index contributed by atoms with van der Waals surface area (Å²) in [5.41, 5.74) is 2.42. The molecule has 1 saturated heterocycles. The Morgan fingerprint density at radius 2 is 1.88 bits per heavy atom. The van der Waals surface area contributed by atoms with Crippen LogP contribution in [0.15, 0.2) is 18.2 Å². The molecule has 2 saturated carbocycles. The van der Waals surface area contributed by atoms with Crippen LogP contribution in [0, 0.1) is 17.3 Å². The number of carbonyl (C=O) groups excluding carboxylic acids is 1. The second-order valence-corrected chi connectivity index (χ2v) is 10.3. The molecule has 4 N–H and O–H groups in total. The smallest absolute Gasteiger partial charge is 0.547 e. The Hall–Kier alpha value is -0.710. The van der Waals surface area contributed by atoms with Crippen LogP contribution in [0.2, 0.25) is 0 Å². The first-order valence-corrected chi connectivity index (χ1v) is 11.6. The van der Waals surface area contributed by atoms with Gasteiger partial charge in [-0.25, -0.2) is 0 Å². The summed E-state index contributed by atoms with van der Waals surface area (Å²) >= 11 is 0. The SMILES string of the molecule is C[C@]12CCC3c4ccc(O)cc4CCC3C1CCC2OC1OC(C(=O)[O-])C(O)C(O)C1O.[Na+]. The molecule has 0 spiro atoms. The first-order valence-electron chi connectivity index (χ1n) is 11.6. The van der Waals surface area contributed by atoms with Crippen LogP contribution >= 0.6 is 0 Å². The number of carboxylic acids is 1. The molecule has 0 bridgehead atoms. The van der Waals surface area contributed by atoms with Crippen molar-refractivity contribution in [2.75, 3.05) is 0 Å². The van der Waals surface area contributed by atoms with Crippen LogP contribution in [-0.4, -0.2) is 63.2 Å². The summed E-state index contributed by atoms with van der Waals surface area (Å²) in [4.78, 5) is 11.3. The maximum Gasteiger partial charge on any atom is 1.00 e. The topological polar surface area (TPSA) is 140 Å². The van der Waals surface area contributed by atoms with Crippen LogP contribution in [-0.2, 0) is 20.7 Å². The zero-order valence-corrected chi connectivity index (χ0v) is 21.1. The number of fused-ring (bicyclic) bond motifs is 5. The van der Waals surface area contributed by atoms with Gasteiger partial charge in [-0.3, -0.25) is 0 Å². The largest absolute Gasteiger partial charge is 1.00 e. The number of aliphatic hydroxyl groups excluding tert-OH is 3. The average Bonchev–Trinajstić information content (AvgIpc) is 3.09. The van der Waals surface area contributed by atoms with Crippen molar-refractivity contribution in [2.24, 2.45) is 17.3 Å². The van der Waals surface area contributed by atoms with Crippen molar-refractivity contribution in [3.8, 4) is 5.75 Å². The van der Waals surface area contributed by atoms with E-state index in [0.29, 0.717) is 23.5 Å². The van der Waals surface area contributed by atoms with Crippen molar-refractivity contribution in [1.29, 1.82) is 0 Å². The van der Waals surface area contributed by atoms with Gasteiger partial charge in [-0.05, 0) is 85.0 Å². The Morgan fingerprint density at radius 3 is 2.61 bits per heavy atom. The molecule has 5 rings (SSSR count). The molecular formula is C24H31NaO8. The van der Waals surface area contributed by atoms with Crippen LogP contribution in [0.5, 0.6) is 5.75 Å². The van der Waals surface area contributed by atoms with E-state index in [0.717, 1.165) is 38.5 Å². The number of carboxylic acid groups (broad SMARTS) is 1. The van der Waals surface area contributed by atoms with Crippen LogP contribution < -0.4 is 34.7 Å². The summed E-state index contributed by atoms with van der Waals surface area (Å²) in [5.74, 6) is 0.0267. The van der Waals surface area contributed by atoms with E-state index in [2.05, 4.69) is 13.0 Å². The number of benzene rings is 1. The van der Waals surface area contributed by atoms with E-state index in [1.807, 2.05) is 6.07 Å². The number of aromatic hydroxyl groups is 1. The van der Waals surface area contributed by atoms with Crippen LogP contribution in [0.25, 0.3) is 0 Å². The molecule has 1 heterocycles. The van der Waals surface area contributed by atoms with E-state index >= 15 is 0 Å². The van der Waals surface area contributed by atoms with Crippen molar-refractivity contribution < 1.29 is 69.4 Å². The number of carbonyl (C=O) groups is 1. The van der Waals surface area contributed by atoms with Gasteiger partial charge in [0.25, 0.3) is 0 Å². The molecule has 0 amide bonds. The zero-order valence-electron chi connectivity index (χ0n) is 19.1. The molecule has 1 aromatic carbocycles. The Balaban J connectivity index is 0.00000259. The van der Waals surface area contributed by atoms with Gasteiger partial charge in [-0.1, -0.05) is 13.0 Å². The van der Waals surface area contributed by atoms with Gasteiger partial charge in [0.2, 0.25) is 0 Å². The van der Waals surface area contributed by atoms with Crippen LogP contribution in [0.4, 0.5) is 0 Å². The summed E-state index contributed by atoms with van der Waals surface area (Å²) in [6.45, 7) is 2.20. The molecule has 3 fully saturated rings. The van der Waals surface area contributed by atoms with Crippen molar-refractivity contribution in [1.82, 2.24) is 0 Å². The molecule has 1 aromatic rings. The number of hydrogen-bond donors (Lipinski definition) is 4. The van der Waals surface area contributed by atoms with Crippen LogP contribution in [0.3, 0.4) is 0 Å². The van der Waals surface area contributed by atoms with Gasteiger partial charge in [0.1, 0.15) is 30.2 Å². The zero-order chi connectivity index (χ0) is 22.8. The number of phenols is 1. The predicted molar refractivity (Wildman–Crippen MR) is 109 cm³/mol. The molecule has 176 valence electrons. The molecule has 4 aliphatic rings. The molecule has 0 aromatic heterocycles. The molecule has 33 heavy (non-hydrogen) atoms. The van der Waals surface area contributed by atoms with Gasteiger partial charge in [-0.2, -0.15) is 0 Å². The third-order valence-electron chi connectivity index (χ3n) is 8.72. The van der Waals surface area contributed by atoms with Crippen LogP contribution in [0.1, 0.15) is 56.1 Å². The average molecular weight is 470 g/mol. The minimum Gasteiger partial charge on any atom is -0.547 e. The number of aliphatic hydroxyl groups is 3. The van der Waals surface area contributed by atoms with Gasteiger partial charge in [0, 0.05) is 0 Å². The third-order valence-corrected chi connectivity index (χ3v) is 8.72. The molecule has 10 atom stereocenters. The number of aliphatic carboxylic acids is 1. The quantitative estimate of drug-likeness (QED) is 0.348. The van der Waals surface area contributed by atoms with Gasteiger partial charge in [-0.15, -0.1) is 0 Å². The van der Waals surface area contributed by atoms with Gasteiger partial charge in [0.05, 0.1) is 12.1 Å². The predicted octanol–water partition coefficient (Wildman–Crippen LogP) is -2.80. The fourth-order valence-corrected chi connectivity index (χ4v) is 7.06. The number of phenolic OH excluding ortho intramolecular Hbond substituents is 1. The summed E-state index contributed by atoms with van der Waals surface area (Å²) in [6, 6.07) is 5.71. The summed E-state index contributed by atoms with van der Waals surface area (Å²) in [6.07, 6.45) is -2.75. The molecular weight excluding hydrogens is 439 g/mol. The monoisotopic (exact) mass is 470 g/mol. The van der Waals surface area contributed by atoms with Crippen molar-refractivity contribution >= 4 is 5.97 Å². The fraction of sp³-hybridized carbons (Fsp3) is 0.708. The second kappa shape index (κ2) is 9.39. The van der Waals surface area contributed by atoms with E-state index in [4.69, 9.17) is 9.47 Å². The number of ether oxygens (including phenoxy) is 2. The molecule has 0 radical (unpaired) electrons. The number of rotatable bonds is 3.